The lowest BCUT2D eigenvalue weighted by Gasteiger charge is -2.10. The molecule has 94 valence electrons. The van der Waals surface area contributed by atoms with Crippen molar-refractivity contribution >= 4 is 23.6 Å². The van der Waals surface area contributed by atoms with Crippen molar-refractivity contribution in [2.45, 2.75) is 26.3 Å². The Hall–Kier alpha value is -1.79. The highest BCUT2D eigenvalue weighted by molar-refractivity contribution is 6.30. The number of nitrogens with zero attached hydrogens (tertiary/aromatic N) is 1. The minimum atomic E-state index is -0.346. The number of benzene rings is 1. The zero-order chi connectivity index (χ0) is 13.5. The number of nitrogens with one attached hydrogen (secondary N) is 1. The molecule has 0 bridgehead atoms. The van der Waals surface area contributed by atoms with Gasteiger partial charge < -0.3 is 5.32 Å². The average Bonchev–Trinajstić information content (AvgIpc) is 2.37. The minimum Gasteiger partial charge on any atom is -0.349 e. The lowest BCUT2D eigenvalue weighted by molar-refractivity contribution is -0.117. The molecule has 3 nitrogen and oxygen atoms in total. The quantitative estimate of drug-likeness (QED) is 0.669. The molecule has 1 aromatic rings. The highest BCUT2D eigenvalue weighted by Crippen LogP contribution is 2.12. The van der Waals surface area contributed by atoms with Crippen LogP contribution in [0.25, 0.3) is 6.08 Å². The molecule has 0 aromatic heterocycles. The van der Waals surface area contributed by atoms with Crippen LogP contribution in [0.3, 0.4) is 0 Å². The number of carbonyl (C=O) groups is 1. The Balaban J connectivity index is 2.86. The first-order valence-electron chi connectivity index (χ1n) is 5.75. The third-order valence-corrected chi connectivity index (χ3v) is 2.79. The zero-order valence-corrected chi connectivity index (χ0v) is 11.2. The van der Waals surface area contributed by atoms with Gasteiger partial charge in [0, 0.05) is 11.1 Å². The molecule has 0 spiro atoms. The van der Waals surface area contributed by atoms with Crippen molar-refractivity contribution in [3.05, 3.63) is 40.4 Å². The molecule has 0 aliphatic carbocycles. The van der Waals surface area contributed by atoms with Gasteiger partial charge in [-0.05, 0) is 37.1 Å². The van der Waals surface area contributed by atoms with Gasteiger partial charge in [-0.25, -0.2) is 0 Å². The van der Waals surface area contributed by atoms with Crippen LogP contribution in [0.4, 0.5) is 0 Å². The second-order valence-electron chi connectivity index (χ2n) is 4.00. The van der Waals surface area contributed by atoms with Gasteiger partial charge in [-0.2, -0.15) is 5.26 Å². The number of hydrogen-bond donors (Lipinski definition) is 1. The summed E-state index contributed by atoms with van der Waals surface area (Å²) in [7, 11) is 0. The van der Waals surface area contributed by atoms with Crippen LogP contribution in [0.15, 0.2) is 29.8 Å². The molecule has 0 saturated carbocycles. The van der Waals surface area contributed by atoms with Crippen molar-refractivity contribution < 1.29 is 4.79 Å². The second-order valence-corrected chi connectivity index (χ2v) is 4.44. The number of halogens is 1. The molecule has 1 amide bonds. The van der Waals surface area contributed by atoms with Crippen molar-refractivity contribution in [2.24, 2.45) is 0 Å². The predicted molar refractivity (Wildman–Crippen MR) is 72.9 cm³/mol. The molecule has 1 rings (SSSR count). The van der Waals surface area contributed by atoms with Crippen LogP contribution in [-0.2, 0) is 4.79 Å². The van der Waals surface area contributed by atoms with Crippen molar-refractivity contribution in [1.29, 1.82) is 5.26 Å². The Bertz CT molecular complexity index is 486. The van der Waals surface area contributed by atoms with E-state index < -0.39 is 0 Å². The molecular weight excluding hydrogens is 248 g/mol. The normalized spacial score (nSPS) is 12.7. The average molecular weight is 263 g/mol. The predicted octanol–water partition coefficient (Wildman–Crippen LogP) is 3.16. The molecule has 0 unspecified atom stereocenters. The van der Waals surface area contributed by atoms with Crippen molar-refractivity contribution in [2.75, 3.05) is 0 Å². The van der Waals surface area contributed by atoms with E-state index in [4.69, 9.17) is 16.9 Å². The van der Waals surface area contributed by atoms with Gasteiger partial charge in [-0.1, -0.05) is 30.7 Å². The molecule has 18 heavy (non-hydrogen) atoms. The third-order valence-electron chi connectivity index (χ3n) is 2.54. The summed E-state index contributed by atoms with van der Waals surface area (Å²) >= 11 is 5.77. The first-order valence-corrected chi connectivity index (χ1v) is 6.12. The zero-order valence-electron chi connectivity index (χ0n) is 10.4. The SMILES string of the molecule is CC[C@H](C)NC(=O)/C(C#N)=C/c1ccc(Cl)cc1. The van der Waals surface area contributed by atoms with E-state index in [9.17, 15) is 4.79 Å². The maximum absolute atomic E-state index is 11.8. The fourth-order valence-corrected chi connectivity index (χ4v) is 1.40. The largest absolute Gasteiger partial charge is 0.349 e. The molecule has 4 heteroatoms. The smallest absolute Gasteiger partial charge is 0.262 e. The van der Waals surface area contributed by atoms with Gasteiger partial charge in [0.1, 0.15) is 11.6 Å². The number of hydrogen-bond acceptors (Lipinski definition) is 2. The highest BCUT2D eigenvalue weighted by Gasteiger charge is 2.11. The van der Waals surface area contributed by atoms with E-state index in [1.54, 1.807) is 30.3 Å². The first kappa shape index (κ1) is 14.3. The summed E-state index contributed by atoms with van der Waals surface area (Å²) in [4.78, 5) is 11.8. The maximum atomic E-state index is 11.8. The topological polar surface area (TPSA) is 52.9 Å². The van der Waals surface area contributed by atoms with Gasteiger partial charge >= 0.3 is 0 Å². The second kappa shape index (κ2) is 6.83. The minimum absolute atomic E-state index is 0.0551. The Morgan fingerprint density at radius 1 is 1.50 bits per heavy atom. The summed E-state index contributed by atoms with van der Waals surface area (Å²) in [5, 5.41) is 12.4. The maximum Gasteiger partial charge on any atom is 0.262 e. The van der Waals surface area contributed by atoms with Crippen molar-refractivity contribution in [3.63, 3.8) is 0 Å². The van der Waals surface area contributed by atoms with Gasteiger partial charge in [0.15, 0.2) is 0 Å². The van der Waals surface area contributed by atoms with E-state index >= 15 is 0 Å². The van der Waals surface area contributed by atoms with E-state index in [0.29, 0.717) is 5.02 Å². The van der Waals surface area contributed by atoms with Gasteiger partial charge in [-0.15, -0.1) is 0 Å². The Morgan fingerprint density at radius 3 is 2.61 bits per heavy atom. The van der Waals surface area contributed by atoms with Gasteiger partial charge in [-0.3, -0.25) is 4.79 Å². The molecule has 1 aromatic carbocycles. The molecule has 0 aliphatic rings. The van der Waals surface area contributed by atoms with Gasteiger partial charge in [0.2, 0.25) is 0 Å². The third kappa shape index (κ3) is 4.23. The van der Waals surface area contributed by atoms with E-state index in [-0.39, 0.29) is 17.5 Å². The Labute approximate surface area is 112 Å². The fourth-order valence-electron chi connectivity index (χ4n) is 1.28. The summed E-state index contributed by atoms with van der Waals surface area (Å²) in [5.74, 6) is -0.346. The molecule has 0 aliphatic heterocycles. The van der Waals surface area contributed by atoms with Crippen LogP contribution in [0.5, 0.6) is 0 Å². The van der Waals surface area contributed by atoms with Crippen molar-refractivity contribution in [3.8, 4) is 6.07 Å². The summed E-state index contributed by atoms with van der Waals surface area (Å²) in [6.45, 7) is 3.87. The summed E-state index contributed by atoms with van der Waals surface area (Å²) < 4.78 is 0. The van der Waals surface area contributed by atoms with Crippen LogP contribution in [-0.4, -0.2) is 11.9 Å². The number of nitriles is 1. The Morgan fingerprint density at radius 2 is 2.11 bits per heavy atom. The molecule has 0 heterocycles. The summed E-state index contributed by atoms with van der Waals surface area (Å²) in [5.41, 5.74) is 0.868. The van der Waals surface area contributed by atoms with E-state index in [2.05, 4.69) is 5.32 Å². The molecule has 1 N–H and O–H groups in total. The van der Waals surface area contributed by atoms with Gasteiger partial charge in [0.05, 0.1) is 0 Å². The standard InChI is InChI=1S/C14H15ClN2O/c1-3-10(2)17-14(18)12(9-16)8-11-4-6-13(15)7-5-11/h4-8,10H,3H2,1-2H3,(H,17,18)/b12-8+/t10-/m0/s1. The fraction of sp³-hybridized carbons (Fsp3) is 0.286. The van der Waals surface area contributed by atoms with E-state index in [1.807, 2.05) is 19.9 Å². The van der Waals surface area contributed by atoms with E-state index in [0.717, 1.165) is 12.0 Å². The van der Waals surface area contributed by atoms with Crippen LogP contribution >= 0.6 is 11.6 Å². The van der Waals surface area contributed by atoms with Crippen LogP contribution < -0.4 is 5.32 Å². The van der Waals surface area contributed by atoms with Crippen molar-refractivity contribution in [1.82, 2.24) is 5.32 Å². The molecule has 1 atom stereocenters. The monoisotopic (exact) mass is 262 g/mol. The highest BCUT2D eigenvalue weighted by atomic mass is 35.5. The number of amides is 1. The lowest BCUT2D eigenvalue weighted by Crippen LogP contribution is -2.32. The first-order chi connectivity index (χ1) is 8.56. The Kier molecular flexibility index (Phi) is 5.41. The van der Waals surface area contributed by atoms with Crippen LogP contribution in [0, 0.1) is 11.3 Å². The van der Waals surface area contributed by atoms with Crippen LogP contribution in [0.1, 0.15) is 25.8 Å². The summed E-state index contributed by atoms with van der Waals surface area (Å²) in [6.07, 6.45) is 2.37. The molecule has 0 fully saturated rings. The molecular formula is C14H15ClN2O. The number of rotatable bonds is 4. The van der Waals surface area contributed by atoms with E-state index in [1.165, 1.54) is 0 Å². The molecule has 0 saturated heterocycles. The summed E-state index contributed by atoms with van der Waals surface area (Å²) in [6, 6.07) is 8.92. The van der Waals surface area contributed by atoms with Gasteiger partial charge in [0.25, 0.3) is 5.91 Å². The number of carbonyl (C=O) groups excluding carboxylic acids is 1. The molecule has 0 radical (unpaired) electrons. The van der Waals surface area contributed by atoms with Crippen LogP contribution in [0.2, 0.25) is 5.02 Å². The lowest BCUT2D eigenvalue weighted by atomic mass is 10.1.